The Hall–Kier alpha value is -1.74. The lowest BCUT2D eigenvalue weighted by Gasteiger charge is -2.31. The minimum absolute atomic E-state index is 0.0116. The van der Waals surface area contributed by atoms with Crippen molar-refractivity contribution < 1.29 is 4.79 Å². The van der Waals surface area contributed by atoms with Crippen LogP contribution in [0.3, 0.4) is 0 Å². The number of nitrogens with zero attached hydrogens (tertiary/aromatic N) is 2. The van der Waals surface area contributed by atoms with Gasteiger partial charge in [-0.2, -0.15) is 0 Å². The van der Waals surface area contributed by atoms with Gasteiger partial charge in [0.1, 0.15) is 0 Å². The van der Waals surface area contributed by atoms with Gasteiger partial charge in [-0.15, -0.1) is 0 Å². The number of carbonyl (C=O) groups is 1. The highest BCUT2D eigenvalue weighted by Crippen LogP contribution is 2.23. The van der Waals surface area contributed by atoms with E-state index in [0.29, 0.717) is 19.5 Å². The molecule has 0 bridgehead atoms. The Balaban J connectivity index is 2.20. The Morgan fingerprint density at radius 2 is 1.88 bits per heavy atom. The summed E-state index contributed by atoms with van der Waals surface area (Å²) in [5, 5.41) is 0.773. The highest BCUT2D eigenvalue weighted by atomic mass is 35.5. The third-order valence-corrected chi connectivity index (χ3v) is 5.05. The van der Waals surface area contributed by atoms with E-state index in [4.69, 9.17) is 11.6 Å². The summed E-state index contributed by atoms with van der Waals surface area (Å²) in [5.74, 6) is 0.220. The average molecular weight is 375 g/mol. The van der Waals surface area contributed by atoms with Gasteiger partial charge in [-0.3, -0.25) is 4.79 Å². The van der Waals surface area contributed by atoms with Crippen molar-refractivity contribution in [3.8, 4) is 0 Å². The predicted octanol–water partition coefficient (Wildman–Crippen LogP) is 5.75. The number of rotatable bonds is 7. The van der Waals surface area contributed by atoms with Gasteiger partial charge in [0.2, 0.25) is 5.91 Å². The van der Waals surface area contributed by atoms with Crippen LogP contribution in [0.15, 0.2) is 42.6 Å². The van der Waals surface area contributed by atoms with E-state index < -0.39 is 0 Å². The number of carbonyl (C=O) groups excluding carboxylic acids is 1. The van der Waals surface area contributed by atoms with E-state index in [1.165, 1.54) is 0 Å². The summed E-state index contributed by atoms with van der Waals surface area (Å²) in [6, 6.07) is 12.3. The maximum atomic E-state index is 12.9. The van der Waals surface area contributed by atoms with E-state index in [0.717, 1.165) is 22.7 Å². The fourth-order valence-corrected chi connectivity index (χ4v) is 3.19. The molecule has 2 rings (SSSR count). The summed E-state index contributed by atoms with van der Waals surface area (Å²) >= 11 is 6.32. The second kappa shape index (κ2) is 8.77. The van der Waals surface area contributed by atoms with Gasteiger partial charge in [0.15, 0.2) is 0 Å². The number of hydrogen-bond donors (Lipinski definition) is 0. The molecule has 2 aromatic rings. The van der Waals surface area contributed by atoms with Crippen molar-refractivity contribution >= 4 is 17.5 Å². The lowest BCUT2D eigenvalue weighted by molar-refractivity contribution is -0.136. The highest BCUT2D eigenvalue weighted by Gasteiger charge is 2.25. The van der Waals surface area contributed by atoms with E-state index in [1.54, 1.807) is 0 Å². The van der Waals surface area contributed by atoms with Crippen molar-refractivity contribution in [2.45, 2.75) is 66.6 Å². The van der Waals surface area contributed by atoms with Gasteiger partial charge in [0, 0.05) is 35.9 Å². The summed E-state index contributed by atoms with van der Waals surface area (Å²) in [6.07, 6.45) is 3.56. The normalized spacial score (nSPS) is 12.8. The van der Waals surface area contributed by atoms with E-state index in [9.17, 15) is 4.79 Å². The Bertz CT molecular complexity index is 730. The summed E-state index contributed by atoms with van der Waals surface area (Å²) in [4.78, 5) is 14.9. The van der Waals surface area contributed by atoms with E-state index >= 15 is 0 Å². The zero-order valence-corrected chi connectivity index (χ0v) is 17.4. The first-order valence-electron chi connectivity index (χ1n) is 9.38. The van der Waals surface area contributed by atoms with Crippen LogP contribution < -0.4 is 0 Å². The van der Waals surface area contributed by atoms with Gasteiger partial charge in [-0.1, -0.05) is 57.5 Å². The number of halogens is 1. The van der Waals surface area contributed by atoms with Crippen molar-refractivity contribution in [3.05, 3.63) is 58.9 Å². The molecule has 0 saturated carbocycles. The maximum Gasteiger partial charge on any atom is 0.223 e. The van der Waals surface area contributed by atoms with Gasteiger partial charge in [0.25, 0.3) is 0 Å². The van der Waals surface area contributed by atoms with Crippen LogP contribution in [0.2, 0.25) is 5.02 Å². The Morgan fingerprint density at radius 1 is 1.19 bits per heavy atom. The lowest BCUT2D eigenvalue weighted by Crippen LogP contribution is -2.40. The highest BCUT2D eigenvalue weighted by molar-refractivity contribution is 6.31. The standard InChI is InChI=1S/C22H31ClN2O/c1-6-17(2)25(21(26)14-22(3,4)5)16-19-11-9-13-24(19)15-18-10-7-8-12-20(18)23/h7-13,17H,6,14-16H2,1-5H3/t17-/m0/s1. The fourth-order valence-electron chi connectivity index (χ4n) is 3.00. The number of aromatic nitrogens is 1. The summed E-state index contributed by atoms with van der Waals surface area (Å²) in [6.45, 7) is 11.9. The Kier molecular flexibility index (Phi) is 6.94. The van der Waals surface area contributed by atoms with Crippen LogP contribution in [0, 0.1) is 5.41 Å². The molecule has 3 nitrogen and oxygen atoms in total. The fraction of sp³-hybridized carbons (Fsp3) is 0.500. The van der Waals surface area contributed by atoms with Crippen molar-refractivity contribution in [1.82, 2.24) is 9.47 Å². The van der Waals surface area contributed by atoms with Crippen LogP contribution in [0.4, 0.5) is 0 Å². The van der Waals surface area contributed by atoms with Gasteiger partial charge in [0.05, 0.1) is 6.54 Å². The monoisotopic (exact) mass is 374 g/mol. The molecule has 0 aliphatic carbocycles. The van der Waals surface area contributed by atoms with Crippen LogP contribution in [0.5, 0.6) is 0 Å². The topological polar surface area (TPSA) is 25.2 Å². The third-order valence-electron chi connectivity index (χ3n) is 4.68. The maximum absolute atomic E-state index is 12.9. The smallest absolute Gasteiger partial charge is 0.223 e. The molecule has 0 aliphatic rings. The first-order valence-corrected chi connectivity index (χ1v) is 9.76. The summed E-state index contributed by atoms with van der Waals surface area (Å²) < 4.78 is 2.18. The molecule has 142 valence electrons. The second-order valence-corrected chi connectivity index (χ2v) is 8.64. The van der Waals surface area contributed by atoms with Gasteiger partial charge in [-0.25, -0.2) is 0 Å². The molecule has 0 aliphatic heterocycles. The molecule has 1 aromatic carbocycles. The molecule has 1 heterocycles. The van der Waals surface area contributed by atoms with Crippen molar-refractivity contribution in [1.29, 1.82) is 0 Å². The molecule has 0 fully saturated rings. The molecule has 0 spiro atoms. The molecule has 26 heavy (non-hydrogen) atoms. The molecule has 0 saturated heterocycles. The van der Waals surface area contributed by atoms with E-state index in [1.807, 2.05) is 35.2 Å². The van der Waals surface area contributed by atoms with Gasteiger partial charge < -0.3 is 9.47 Å². The molecule has 0 radical (unpaired) electrons. The number of hydrogen-bond acceptors (Lipinski definition) is 1. The van der Waals surface area contributed by atoms with E-state index in [-0.39, 0.29) is 17.4 Å². The van der Waals surface area contributed by atoms with Crippen LogP contribution in [0.1, 0.15) is 58.7 Å². The van der Waals surface area contributed by atoms with Gasteiger partial charge in [-0.05, 0) is 42.5 Å². The molecule has 0 unspecified atom stereocenters. The Labute approximate surface area is 163 Å². The first kappa shape index (κ1) is 20.6. The first-order chi connectivity index (χ1) is 12.2. The molecule has 1 amide bonds. The minimum Gasteiger partial charge on any atom is -0.345 e. The van der Waals surface area contributed by atoms with Crippen molar-refractivity contribution in [2.24, 2.45) is 5.41 Å². The SMILES string of the molecule is CC[C@H](C)N(Cc1cccn1Cc1ccccc1Cl)C(=O)CC(C)(C)C. The average Bonchev–Trinajstić information content (AvgIpc) is 2.99. The number of amides is 1. The van der Waals surface area contributed by atoms with Crippen molar-refractivity contribution in [3.63, 3.8) is 0 Å². The van der Waals surface area contributed by atoms with Crippen LogP contribution in [-0.4, -0.2) is 21.4 Å². The molecule has 1 atom stereocenters. The quantitative estimate of drug-likeness (QED) is 0.605. The molecule has 1 aromatic heterocycles. The third kappa shape index (κ3) is 5.63. The summed E-state index contributed by atoms with van der Waals surface area (Å²) in [7, 11) is 0. The van der Waals surface area contributed by atoms with Crippen LogP contribution >= 0.6 is 11.6 Å². The van der Waals surface area contributed by atoms with E-state index in [2.05, 4.69) is 51.4 Å². The van der Waals surface area contributed by atoms with Gasteiger partial charge >= 0.3 is 0 Å². The second-order valence-electron chi connectivity index (χ2n) is 8.24. The Morgan fingerprint density at radius 3 is 2.50 bits per heavy atom. The molecule has 4 heteroatoms. The molecular weight excluding hydrogens is 344 g/mol. The predicted molar refractivity (Wildman–Crippen MR) is 109 cm³/mol. The van der Waals surface area contributed by atoms with Crippen LogP contribution in [-0.2, 0) is 17.9 Å². The molecule has 0 N–H and O–H groups in total. The number of benzene rings is 1. The lowest BCUT2D eigenvalue weighted by atomic mass is 9.91. The minimum atomic E-state index is -0.0116. The zero-order chi connectivity index (χ0) is 19.3. The van der Waals surface area contributed by atoms with Crippen LogP contribution in [0.25, 0.3) is 0 Å². The zero-order valence-electron chi connectivity index (χ0n) is 16.6. The molecular formula is C22H31ClN2O. The van der Waals surface area contributed by atoms with Crippen molar-refractivity contribution in [2.75, 3.05) is 0 Å². The largest absolute Gasteiger partial charge is 0.345 e. The summed E-state index contributed by atoms with van der Waals surface area (Å²) in [5.41, 5.74) is 2.21.